The number of nitrogens with zero attached hydrogens (tertiary/aromatic N) is 3. The summed E-state index contributed by atoms with van der Waals surface area (Å²) in [6, 6.07) is 17.1. The summed E-state index contributed by atoms with van der Waals surface area (Å²) in [5.41, 5.74) is 5.59. The van der Waals surface area contributed by atoms with Crippen LogP contribution in [0.15, 0.2) is 64.2 Å². The molecule has 1 aliphatic heterocycles. The van der Waals surface area contributed by atoms with Crippen molar-refractivity contribution in [3.05, 3.63) is 77.2 Å². The number of nitrogens with one attached hydrogen (secondary N) is 2. The van der Waals surface area contributed by atoms with Gasteiger partial charge in [0.2, 0.25) is 5.89 Å². The maximum absolute atomic E-state index is 5.67. The molecular weight excluding hydrogens is 541 g/mol. The van der Waals surface area contributed by atoms with Crippen molar-refractivity contribution in [3.8, 4) is 11.5 Å². The maximum atomic E-state index is 5.67. The predicted molar refractivity (Wildman–Crippen MR) is 147 cm³/mol. The van der Waals surface area contributed by atoms with E-state index in [1.54, 1.807) is 13.3 Å². The number of ether oxygens (including phenoxy) is 1. The zero-order chi connectivity index (χ0) is 23.0. The Hall–Kier alpha value is -2.43. The van der Waals surface area contributed by atoms with Gasteiger partial charge in [-0.05, 0) is 31.5 Å². The van der Waals surface area contributed by atoms with Crippen molar-refractivity contribution < 1.29 is 9.15 Å². The molecule has 0 aliphatic carbocycles. The molecule has 1 unspecified atom stereocenters. The second-order valence-electron chi connectivity index (χ2n) is 8.39. The highest BCUT2D eigenvalue weighted by atomic mass is 127. The number of aromatic nitrogens is 1. The first kappa shape index (κ1) is 26.2. The van der Waals surface area contributed by atoms with Crippen LogP contribution >= 0.6 is 24.0 Å². The number of benzene rings is 2. The topological polar surface area (TPSA) is 74.9 Å². The van der Waals surface area contributed by atoms with Gasteiger partial charge in [0, 0.05) is 32.2 Å². The minimum absolute atomic E-state index is 0. The fourth-order valence-electron chi connectivity index (χ4n) is 4.03. The van der Waals surface area contributed by atoms with Crippen LogP contribution in [0.3, 0.4) is 0 Å². The van der Waals surface area contributed by atoms with Crippen molar-refractivity contribution in [1.29, 1.82) is 0 Å². The summed E-state index contributed by atoms with van der Waals surface area (Å²) in [4.78, 5) is 11.5. The molecule has 1 saturated heterocycles. The molecule has 0 amide bonds. The van der Waals surface area contributed by atoms with Gasteiger partial charge in [-0.3, -0.25) is 9.89 Å². The van der Waals surface area contributed by atoms with E-state index in [1.807, 2.05) is 12.1 Å². The monoisotopic (exact) mass is 575 g/mol. The Bertz CT molecular complexity index is 1060. The molecule has 0 spiro atoms. The number of aryl methyl sites for hydroxylation is 2. The summed E-state index contributed by atoms with van der Waals surface area (Å²) >= 11 is 0. The Kier molecular flexibility index (Phi) is 9.91. The van der Waals surface area contributed by atoms with E-state index in [-0.39, 0.29) is 30.0 Å². The molecule has 8 heteroatoms. The van der Waals surface area contributed by atoms with Gasteiger partial charge in [-0.15, -0.1) is 24.0 Å². The van der Waals surface area contributed by atoms with E-state index in [0.717, 1.165) is 50.1 Å². The lowest BCUT2D eigenvalue weighted by atomic mass is 10.0. The van der Waals surface area contributed by atoms with Crippen LogP contribution in [-0.2, 0) is 11.3 Å². The smallest absolute Gasteiger partial charge is 0.226 e. The number of rotatable bonds is 7. The molecule has 3 aromatic rings. The van der Waals surface area contributed by atoms with Crippen LogP contribution < -0.4 is 10.6 Å². The largest absolute Gasteiger partial charge is 0.444 e. The summed E-state index contributed by atoms with van der Waals surface area (Å²) in [7, 11) is 1.78. The SMILES string of the molecule is CN=C(NCc1coc(-c2ccc(C)cc2)n1)NCC(c1cccc(C)c1)N1CCOCC1.I. The molecule has 1 fully saturated rings. The first-order valence-electron chi connectivity index (χ1n) is 11.5. The summed E-state index contributed by atoms with van der Waals surface area (Å²) in [6.07, 6.45) is 1.69. The molecule has 2 N–H and O–H groups in total. The molecule has 182 valence electrons. The lowest BCUT2D eigenvalue weighted by Gasteiger charge is -2.35. The van der Waals surface area contributed by atoms with E-state index < -0.39 is 0 Å². The number of hydrogen-bond donors (Lipinski definition) is 2. The third kappa shape index (κ3) is 7.04. The number of oxazole rings is 1. The van der Waals surface area contributed by atoms with Crippen LogP contribution in [0.5, 0.6) is 0 Å². The quantitative estimate of drug-likeness (QED) is 0.249. The Morgan fingerprint density at radius 3 is 2.53 bits per heavy atom. The molecule has 2 heterocycles. The first-order valence-corrected chi connectivity index (χ1v) is 11.5. The lowest BCUT2D eigenvalue weighted by molar-refractivity contribution is 0.0170. The minimum Gasteiger partial charge on any atom is -0.444 e. The van der Waals surface area contributed by atoms with Gasteiger partial charge in [0.1, 0.15) is 6.26 Å². The third-order valence-electron chi connectivity index (χ3n) is 5.89. The van der Waals surface area contributed by atoms with E-state index in [1.165, 1.54) is 16.7 Å². The number of halogens is 1. The van der Waals surface area contributed by atoms with Crippen molar-refractivity contribution in [2.24, 2.45) is 4.99 Å². The van der Waals surface area contributed by atoms with Crippen LogP contribution in [0.4, 0.5) is 0 Å². The Morgan fingerprint density at radius 1 is 1.06 bits per heavy atom. The minimum atomic E-state index is 0. The van der Waals surface area contributed by atoms with Crippen LogP contribution in [0, 0.1) is 13.8 Å². The number of aliphatic imine (C=N–C) groups is 1. The summed E-state index contributed by atoms with van der Waals surface area (Å²) in [6.45, 7) is 8.86. The van der Waals surface area contributed by atoms with Crippen LogP contribution in [-0.4, -0.2) is 55.7 Å². The van der Waals surface area contributed by atoms with E-state index in [2.05, 4.69) is 75.8 Å². The highest BCUT2D eigenvalue weighted by Crippen LogP contribution is 2.22. The Morgan fingerprint density at radius 2 is 1.82 bits per heavy atom. The van der Waals surface area contributed by atoms with Gasteiger partial charge in [0.05, 0.1) is 31.5 Å². The average Bonchev–Trinajstić information content (AvgIpc) is 3.31. The second-order valence-corrected chi connectivity index (χ2v) is 8.39. The van der Waals surface area contributed by atoms with Crippen molar-refractivity contribution in [2.75, 3.05) is 39.9 Å². The van der Waals surface area contributed by atoms with E-state index in [4.69, 9.17) is 9.15 Å². The Labute approximate surface area is 219 Å². The summed E-state index contributed by atoms with van der Waals surface area (Å²) in [5, 5.41) is 6.85. The molecule has 1 aliphatic rings. The van der Waals surface area contributed by atoms with Gasteiger partial charge >= 0.3 is 0 Å². The molecule has 1 atom stereocenters. The van der Waals surface area contributed by atoms with Crippen molar-refractivity contribution >= 4 is 29.9 Å². The summed E-state index contributed by atoms with van der Waals surface area (Å²) in [5.74, 6) is 1.36. The molecular formula is C26H34IN5O2. The summed E-state index contributed by atoms with van der Waals surface area (Å²) < 4.78 is 11.2. The fourth-order valence-corrected chi connectivity index (χ4v) is 4.03. The lowest BCUT2D eigenvalue weighted by Crippen LogP contribution is -2.46. The normalized spacial score (nSPS) is 15.4. The number of guanidine groups is 1. The maximum Gasteiger partial charge on any atom is 0.226 e. The van der Waals surface area contributed by atoms with Gasteiger partial charge in [0.15, 0.2) is 5.96 Å². The molecule has 0 radical (unpaired) electrons. The van der Waals surface area contributed by atoms with Crippen molar-refractivity contribution in [3.63, 3.8) is 0 Å². The van der Waals surface area contributed by atoms with Gasteiger partial charge < -0.3 is 19.8 Å². The van der Waals surface area contributed by atoms with Crippen LogP contribution in [0.1, 0.15) is 28.4 Å². The standard InChI is InChI=1S/C26H33N5O2.HI/c1-19-7-9-21(10-8-19)25-30-23(18-33-25)16-28-26(27-3)29-17-24(31-11-13-32-14-12-31)22-6-4-5-20(2)15-22;/h4-10,15,18,24H,11-14,16-17H2,1-3H3,(H2,27,28,29);1H. The highest BCUT2D eigenvalue weighted by Gasteiger charge is 2.23. The number of morpholine rings is 1. The van der Waals surface area contributed by atoms with Gasteiger partial charge in [-0.2, -0.15) is 0 Å². The molecule has 4 rings (SSSR count). The molecule has 0 bridgehead atoms. The zero-order valence-corrected chi connectivity index (χ0v) is 22.4. The number of hydrogen-bond acceptors (Lipinski definition) is 5. The van der Waals surface area contributed by atoms with E-state index >= 15 is 0 Å². The molecule has 1 aromatic heterocycles. The van der Waals surface area contributed by atoms with E-state index in [9.17, 15) is 0 Å². The first-order chi connectivity index (χ1) is 16.1. The van der Waals surface area contributed by atoms with Gasteiger partial charge in [-0.25, -0.2) is 4.98 Å². The van der Waals surface area contributed by atoms with Crippen LogP contribution in [0.25, 0.3) is 11.5 Å². The highest BCUT2D eigenvalue weighted by molar-refractivity contribution is 14.0. The Balaban J connectivity index is 0.00000324. The molecule has 34 heavy (non-hydrogen) atoms. The van der Waals surface area contributed by atoms with Gasteiger partial charge in [0.25, 0.3) is 0 Å². The molecule has 0 saturated carbocycles. The zero-order valence-electron chi connectivity index (χ0n) is 20.1. The fraction of sp³-hybridized carbons (Fsp3) is 0.385. The van der Waals surface area contributed by atoms with E-state index in [0.29, 0.717) is 12.4 Å². The molecule has 2 aromatic carbocycles. The van der Waals surface area contributed by atoms with Crippen molar-refractivity contribution in [2.45, 2.75) is 26.4 Å². The third-order valence-corrected chi connectivity index (χ3v) is 5.89. The van der Waals surface area contributed by atoms with Crippen molar-refractivity contribution in [1.82, 2.24) is 20.5 Å². The van der Waals surface area contributed by atoms with Crippen LogP contribution in [0.2, 0.25) is 0 Å². The predicted octanol–water partition coefficient (Wildman–Crippen LogP) is 4.31. The second kappa shape index (κ2) is 12.9. The average molecular weight is 575 g/mol. The van der Waals surface area contributed by atoms with Gasteiger partial charge in [-0.1, -0.05) is 47.5 Å². The molecule has 7 nitrogen and oxygen atoms in total.